The van der Waals surface area contributed by atoms with E-state index in [-0.39, 0.29) is 11.6 Å². The molecule has 10 heteroatoms. The molecule has 0 bridgehead atoms. The van der Waals surface area contributed by atoms with E-state index in [1.807, 2.05) is 0 Å². The lowest BCUT2D eigenvalue weighted by Crippen LogP contribution is -2.29. The van der Waals surface area contributed by atoms with E-state index in [9.17, 15) is 9.59 Å². The number of aromatic nitrogens is 4. The zero-order valence-electron chi connectivity index (χ0n) is 8.31. The molecule has 90 valence electrons. The molecule has 0 saturated heterocycles. The average Bonchev–Trinajstić information content (AvgIpc) is 2.73. The van der Waals surface area contributed by atoms with Gasteiger partial charge in [-0.25, -0.2) is 10.6 Å². The Kier molecular flexibility index (Phi) is 3.22. The molecule has 0 amide bonds. The molecule has 0 radical (unpaired) electrons. The fraction of sp³-hybridized carbons (Fsp3) is 0.143. The molecule has 17 heavy (non-hydrogen) atoms. The predicted octanol–water partition coefficient (Wildman–Crippen LogP) is -0.625. The highest BCUT2D eigenvalue weighted by Crippen LogP contribution is 2.14. The lowest BCUT2D eigenvalue weighted by molar-refractivity contribution is 0.710. The van der Waals surface area contributed by atoms with Crippen LogP contribution in [0.25, 0.3) is 0 Å². The summed E-state index contributed by atoms with van der Waals surface area (Å²) in [5.41, 5.74) is 1.17. The maximum absolute atomic E-state index is 11.4. The van der Waals surface area contributed by atoms with Crippen LogP contribution in [-0.2, 0) is 6.54 Å². The van der Waals surface area contributed by atoms with Gasteiger partial charge >= 0.3 is 5.69 Å². The summed E-state index contributed by atoms with van der Waals surface area (Å²) in [5, 5.41) is 8.45. The van der Waals surface area contributed by atoms with Crippen LogP contribution in [0.5, 0.6) is 0 Å². The molecule has 0 aliphatic heterocycles. The van der Waals surface area contributed by atoms with Gasteiger partial charge < -0.3 is 0 Å². The quantitative estimate of drug-likeness (QED) is 0.507. The maximum atomic E-state index is 11.4. The number of nitrogens with one attached hydrogen (secondary N) is 2. The second kappa shape index (κ2) is 4.65. The number of rotatable bonds is 3. The highest BCUT2D eigenvalue weighted by Gasteiger charge is 2.07. The molecule has 0 spiro atoms. The van der Waals surface area contributed by atoms with Crippen LogP contribution in [0.15, 0.2) is 15.8 Å². The first-order valence-corrected chi connectivity index (χ1v) is 5.58. The zero-order valence-corrected chi connectivity index (χ0v) is 9.88. The fourth-order valence-electron chi connectivity index (χ4n) is 1.12. The number of aromatic amines is 1. The van der Waals surface area contributed by atoms with Crippen molar-refractivity contribution in [1.82, 2.24) is 19.7 Å². The Bertz CT molecular complexity index is 646. The second-order valence-corrected chi connectivity index (χ2v) is 4.48. The highest BCUT2D eigenvalue weighted by atomic mass is 35.5. The normalized spacial score (nSPS) is 10.5. The minimum absolute atomic E-state index is 0.0636. The van der Waals surface area contributed by atoms with Crippen molar-refractivity contribution in [3.8, 4) is 0 Å². The van der Waals surface area contributed by atoms with Gasteiger partial charge in [-0.05, 0) is 0 Å². The molecule has 0 atom stereocenters. The van der Waals surface area contributed by atoms with Gasteiger partial charge in [-0.1, -0.05) is 22.9 Å². The summed E-state index contributed by atoms with van der Waals surface area (Å²) in [7, 11) is 0. The summed E-state index contributed by atoms with van der Waals surface area (Å²) in [5.74, 6) is 5.15. The lowest BCUT2D eigenvalue weighted by Gasteiger charge is -2.01. The van der Waals surface area contributed by atoms with Gasteiger partial charge in [0, 0.05) is 6.20 Å². The number of halogens is 1. The van der Waals surface area contributed by atoms with Crippen molar-refractivity contribution in [3.63, 3.8) is 0 Å². The Hall–Kier alpha value is -1.71. The molecule has 2 aromatic heterocycles. The summed E-state index contributed by atoms with van der Waals surface area (Å²) in [6, 6.07) is 0. The Morgan fingerprint density at radius 1 is 1.53 bits per heavy atom. The number of nitrogen functional groups attached to an aromatic ring is 1. The van der Waals surface area contributed by atoms with Crippen molar-refractivity contribution in [3.05, 3.63) is 37.1 Å². The van der Waals surface area contributed by atoms with Gasteiger partial charge in [-0.2, -0.15) is 0 Å². The molecule has 0 unspecified atom stereocenters. The number of hydrazine groups is 1. The summed E-state index contributed by atoms with van der Waals surface area (Å²) in [6.07, 6.45) is 1.25. The van der Waals surface area contributed by atoms with E-state index in [1.165, 1.54) is 22.1 Å². The van der Waals surface area contributed by atoms with E-state index in [0.717, 1.165) is 0 Å². The average molecular weight is 275 g/mol. The molecule has 0 fully saturated rings. The Morgan fingerprint density at radius 2 is 2.29 bits per heavy atom. The van der Waals surface area contributed by atoms with Crippen LogP contribution in [0.3, 0.4) is 0 Å². The van der Waals surface area contributed by atoms with Crippen LogP contribution in [0.4, 0.5) is 5.13 Å². The summed E-state index contributed by atoms with van der Waals surface area (Å²) >= 11 is 6.81. The Morgan fingerprint density at radius 3 is 2.94 bits per heavy atom. The third-order valence-corrected chi connectivity index (χ3v) is 2.97. The SMILES string of the molecule is NNc1nnc(Cn2cc(Cl)c(=O)[nH]c2=O)s1. The number of hydrogen-bond acceptors (Lipinski definition) is 7. The number of anilines is 1. The van der Waals surface area contributed by atoms with E-state index >= 15 is 0 Å². The van der Waals surface area contributed by atoms with Gasteiger partial charge in [0.1, 0.15) is 10.0 Å². The predicted molar refractivity (Wildman–Crippen MR) is 63.2 cm³/mol. The van der Waals surface area contributed by atoms with E-state index in [2.05, 4.69) is 20.6 Å². The molecule has 0 aliphatic carbocycles. The molecule has 0 aromatic carbocycles. The number of nitrogens with zero attached hydrogens (tertiary/aromatic N) is 3. The summed E-state index contributed by atoms with van der Waals surface area (Å²) in [6.45, 7) is 0.161. The molecule has 0 aliphatic rings. The highest BCUT2D eigenvalue weighted by molar-refractivity contribution is 7.15. The smallest absolute Gasteiger partial charge is 0.298 e. The largest absolute Gasteiger partial charge is 0.328 e. The molecule has 8 nitrogen and oxygen atoms in total. The molecule has 0 saturated carbocycles. The Labute approximate surface area is 103 Å². The van der Waals surface area contributed by atoms with Gasteiger partial charge in [-0.15, -0.1) is 10.2 Å². The Balaban J connectivity index is 2.33. The molecule has 2 heterocycles. The minimum atomic E-state index is -0.616. The zero-order chi connectivity index (χ0) is 12.4. The van der Waals surface area contributed by atoms with Crippen molar-refractivity contribution >= 4 is 28.1 Å². The van der Waals surface area contributed by atoms with Crippen LogP contribution in [0.2, 0.25) is 5.02 Å². The molecule has 2 rings (SSSR count). The maximum Gasteiger partial charge on any atom is 0.328 e. The summed E-state index contributed by atoms with van der Waals surface area (Å²) in [4.78, 5) is 24.6. The molecule has 4 N–H and O–H groups in total. The van der Waals surface area contributed by atoms with Crippen molar-refractivity contribution in [2.75, 3.05) is 5.43 Å². The van der Waals surface area contributed by atoms with Gasteiger partial charge in [0.2, 0.25) is 5.13 Å². The molecular formula is C7H7ClN6O2S. The van der Waals surface area contributed by atoms with Crippen LogP contribution < -0.4 is 22.5 Å². The number of nitrogens with two attached hydrogens (primary N) is 1. The van der Waals surface area contributed by atoms with Crippen LogP contribution >= 0.6 is 22.9 Å². The lowest BCUT2D eigenvalue weighted by atomic mass is 10.6. The first kappa shape index (κ1) is 11.8. The monoisotopic (exact) mass is 274 g/mol. The van der Waals surface area contributed by atoms with E-state index in [1.54, 1.807) is 0 Å². The van der Waals surface area contributed by atoms with Crippen molar-refractivity contribution < 1.29 is 0 Å². The van der Waals surface area contributed by atoms with Crippen LogP contribution in [0.1, 0.15) is 5.01 Å². The fourth-order valence-corrected chi connectivity index (χ4v) is 1.94. The van der Waals surface area contributed by atoms with Crippen LogP contribution in [-0.4, -0.2) is 19.7 Å². The third kappa shape index (κ3) is 2.52. The van der Waals surface area contributed by atoms with Crippen molar-refractivity contribution in [1.29, 1.82) is 0 Å². The second-order valence-electron chi connectivity index (χ2n) is 3.01. The van der Waals surface area contributed by atoms with Crippen molar-refractivity contribution in [2.24, 2.45) is 5.84 Å². The third-order valence-electron chi connectivity index (χ3n) is 1.86. The molecular weight excluding hydrogens is 268 g/mol. The summed E-state index contributed by atoms with van der Waals surface area (Å²) < 4.78 is 1.23. The van der Waals surface area contributed by atoms with Gasteiger partial charge in [0.15, 0.2) is 0 Å². The van der Waals surface area contributed by atoms with E-state index in [0.29, 0.717) is 10.1 Å². The first-order chi connectivity index (χ1) is 8.10. The van der Waals surface area contributed by atoms with Gasteiger partial charge in [-0.3, -0.25) is 19.8 Å². The van der Waals surface area contributed by atoms with E-state index < -0.39 is 11.2 Å². The first-order valence-electron chi connectivity index (χ1n) is 4.38. The van der Waals surface area contributed by atoms with Gasteiger partial charge in [0.25, 0.3) is 5.56 Å². The topological polar surface area (TPSA) is 119 Å². The van der Waals surface area contributed by atoms with Gasteiger partial charge in [0.05, 0.1) is 6.54 Å². The van der Waals surface area contributed by atoms with Crippen molar-refractivity contribution in [2.45, 2.75) is 6.54 Å². The van der Waals surface area contributed by atoms with E-state index in [4.69, 9.17) is 17.4 Å². The number of H-pyrrole nitrogens is 1. The van der Waals surface area contributed by atoms with Crippen LogP contribution in [0, 0.1) is 0 Å². The molecule has 2 aromatic rings. The number of hydrogen-bond donors (Lipinski definition) is 3. The standard InChI is InChI=1S/C7H7ClN6O2S/c8-3-1-14(7(16)10-5(3)15)2-4-12-13-6(11-9)17-4/h1H,2,9H2,(H,11,13)(H,10,15,16). The minimum Gasteiger partial charge on any atom is -0.298 e.